The third-order valence-electron chi connectivity index (χ3n) is 2.57. The number of aromatic nitrogens is 1. The van der Waals surface area contributed by atoms with Crippen LogP contribution in [0.3, 0.4) is 0 Å². The van der Waals surface area contributed by atoms with Crippen LogP contribution in [0, 0.1) is 6.92 Å². The number of rotatable bonds is 2. The van der Waals surface area contributed by atoms with Gasteiger partial charge in [0.25, 0.3) is 5.91 Å². The Morgan fingerprint density at radius 1 is 1.29 bits per heavy atom. The Hall–Kier alpha value is -2.23. The predicted octanol–water partition coefficient (Wildman–Crippen LogP) is 2.17. The number of nitrogens with one attached hydrogen (secondary N) is 1. The van der Waals surface area contributed by atoms with Crippen molar-refractivity contribution in [1.82, 2.24) is 4.57 Å². The molecule has 0 aliphatic rings. The molecule has 88 valence electrons. The van der Waals surface area contributed by atoms with E-state index in [1.165, 1.54) is 0 Å². The van der Waals surface area contributed by atoms with Crippen molar-refractivity contribution in [3.63, 3.8) is 0 Å². The van der Waals surface area contributed by atoms with Gasteiger partial charge in [-0.25, -0.2) is 0 Å². The van der Waals surface area contributed by atoms with E-state index in [4.69, 9.17) is 5.73 Å². The number of hydrogen-bond donors (Lipinski definition) is 2. The highest BCUT2D eigenvalue weighted by molar-refractivity contribution is 6.03. The Bertz CT molecular complexity index is 540. The predicted molar refractivity (Wildman–Crippen MR) is 69.0 cm³/mol. The standard InChI is InChI=1S/C13H15N3O/c1-9-3-5-11(6-4-9)15-13(17)12-7-10(14)8-16(12)2/h3-8H,14H2,1-2H3,(H,15,17). The highest BCUT2D eigenvalue weighted by Gasteiger charge is 2.10. The minimum Gasteiger partial charge on any atom is -0.397 e. The van der Waals surface area contributed by atoms with E-state index < -0.39 is 0 Å². The van der Waals surface area contributed by atoms with E-state index in [2.05, 4.69) is 5.32 Å². The Balaban J connectivity index is 2.17. The second kappa shape index (κ2) is 4.33. The zero-order chi connectivity index (χ0) is 12.4. The third-order valence-corrected chi connectivity index (χ3v) is 2.57. The fourth-order valence-corrected chi connectivity index (χ4v) is 1.65. The van der Waals surface area contributed by atoms with E-state index in [0.717, 1.165) is 11.3 Å². The van der Waals surface area contributed by atoms with Crippen molar-refractivity contribution in [3.05, 3.63) is 47.8 Å². The molecule has 1 aromatic carbocycles. The van der Waals surface area contributed by atoms with Crippen molar-refractivity contribution in [2.24, 2.45) is 7.05 Å². The molecule has 1 aromatic heterocycles. The number of carbonyl (C=O) groups is 1. The maximum Gasteiger partial charge on any atom is 0.272 e. The number of aryl methyl sites for hydroxylation is 2. The molecule has 1 heterocycles. The van der Waals surface area contributed by atoms with Gasteiger partial charge in [0.05, 0.1) is 5.69 Å². The van der Waals surface area contributed by atoms with Crippen LogP contribution < -0.4 is 11.1 Å². The summed E-state index contributed by atoms with van der Waals surface area (Å²) in [4.78, 5) is 11.9. The number of nitrogens with two attached hydrogens (primary N) is 1. The summed E-state index contributed by atoms with van der Waals surface area (Å²) in [5.74, 6) is -0.159. The zero-order valence-corrected chi connectivity index (χ0v) is 9.90. The zero-order valence-electron chi connectivity index (χ0n) is 9.90. The first-order valence-electron chi connectivity index (χ1n) is 5.36. The number of nitrogens with zero attached hydrogens (tertiary/aromatic N) is 1. The normalized spacial score (nSPS) is 10.2. The molecule has 0 radical (unpaired) electrons. The summed E-state index contributed by atoms with van der Waals surface area (Å²) in [5.41, 5.74) is 8.70. The van der Waals surface area contributed by atoms with Crippen LogP contribution in [0.4, 0.5) is 11.4 Å². The van der Waals surface area contributed by atoms with E-state index in [0.29, 0.717) is 11.4 Å². The van der Waals surface area contributed by atoms with Crippen LogP contribution in [0.25, 0.3) is 0 Å². The number of hydrogen-bond acceptors (Lipinski definition) is 2. The fraction of sp³-hybridized carbons (Fsp3) is 0.154. The molecular formula is C13H15N3O. The number of amides is 1. The third kappa shape index (κ3) is 2.47. The Labute approximate surface area is 100 Å². The number of carbonyl (C=O) groups excluding carboxylic acids is 1. The molecule has 4 nitrogen and oxygen atoms in total. The van der Waals surface area contributed by atoms with Gasteiger partial charge in [0.15, 0.2) is 0 Å². The summed E-state index contributed by atoms with van der Waals surface area (Å²) in [6, 6.07) is 9.31. The fourth-order valence-electron chi connectivity index (χ4n) is 1.65. The van der Waals surface area contributed by atoms with Gasteiger partial charge in [-0.15, -0.1) is 0 Å². The van der Waals surface area contributed by atoms with Crippen LogP contribution in [0.1, 0.15) is 16.1 Å². The minimum absolute atomic E-state index is 0.159. The molecule has 0 aliphatic heterocycles. The van der Waals surface area contributed by atoms with Gasteiger partial charge in [-0.1, -0.05) is 17.7 Å². The van der Waals surface area contributed by atoms with Gasteiger partial charge >= 0.3 is 0 Å². The summed E-state index contributed by atoms with van der Waals surface area (Å²) in [7, 11) is 1.79. The second-order valence-corrected chi connectivity index (χ2v) is 4.09. The molecule has 2 aromatic rings. The number of benzene rings is 1. The molecule has 0 saturated heterocycles. The molecule has 0 atom stereocenters. The molecule has 0 aliphatic carbocycles. The largest absolute Gasteiger partial charge is 0.397 e. The lowest BCUT2D eigenvalue weighted by molar-refractivity contribution is 0.101. The van der Waals surface area contributed by atoms with Crippen LogP contribution >= 0.6 is 0 Å². The van der Waals surface area contributed by atoms with Crippen LogP contribution in [-0.2, 0) is 7.05 Å². The summed E-state index contributed by atoms with van der Waals surface area (Å²) in [6.45, 7) is 2.00. The molecule has 0 bridgehead atoms. The molecule has 2 rings (SSSR count). The molecule has 1 amide bonds. The molecule has 3 N–H and O–H groups in total. The number of nitrogen functional groups attached to an aromatic ring is 1. The minimum atomic E-state index is -0.159. The van der Waals surface area contributed by atoms with Crippen molar-refractivity contribution in [2.45, 2.75) is 6.92 Å². The first-order chi connectivity index (χ1) is 8.06. The van der Waals surface area contributed by atoms with Gasteiger partial charge in [0.2, 0.25) is 0 Å². The van der Waals surface area contributed by atoms with Gasteiger partial charge in [0.1, 0.15) is 5.69 Å². The monoisotopic (exact) mass is 229 g/mol. The van der Waals surface area contributed by atoms with Crippen LogP contribution in [0.5, 0.6) is 0 Å². The maximum atomic E-state index is 11.9. The van der Waals surface area contributed by atoms with Crippen molar-refractivity contribution < 1.29 is 4.79 Å². The van der Waals surface area contributed by atoms with Gasteiger partial charge in [-0.2, -0.15) is 0 Å². The molecule has 0 spiro atoms. The van der Waals surface area contributed by atoms with E-state index in [-0.39, 0.29) is 5.91 Å². The van der Waals surface area contributed by atoms with Crippen LogP contribution in [-0.4, -0.2) is 10.5 Å². The molecule has 4 heteroatoms. The molecular weight excluding hydrogens is 214 g/mol. The average Bonchev–Trinajstić information content (AvgIpc) is 2.61. The van der Waals surface area contributed by atoms with Gasteiger partial charge in [-0.3, -0.25) is 4.79 Å². The van der Waals surface area contributed by atoms with Gasteiger partial charge < -0.3 is 15.6 Å². The van der Waals surface area contributed by atoms with Gasteiger partial charge in [-0.05, 0) is 25.1 Å². The van der Waals surface area contributed by atoms with Crippen LogP contribution in [0.2, 0.25) is 0 Å². The first kappa shape index (κ1) is 11.3. The molecule has 17 heavy (non-hydrogen) atoms. The van der Waals surface area contributed by atoms with E-state index in [1.807, 2.05) is 31.2 Å². The SMILES string of the molecule is Cc1ccc(NC(=O)c2cc(N)cn2C)cc1. The Morgan fingerprint density at radius 2 is 1.94 bits per heavy atom. The highest BCUT2D eigenvalue weighted by atomic mass is 16.1. The van der Waals surface area contributed by atoms with Crippen molar-refractivity contribution >= 4 is 17.3 Å². The van der Waals surface area contributed by atoms with Crippen molar-refractivity contribution in [3.8, 4) is 0 Å². The van der Waals surface area contributed by atoms with E-state index in [1.54, 1.807) is 23.9 Å². The Kier molecular flexibility index (Phi) is 2.87. The quantitative estimate of drug-likeness (QED) is 0.829. The maximum absolute atomic E-state index is 11.9. The van der Waals surface area contributed by atoms with Gasteiger partial charge in [0, 0.05) is 18.9 Å². The summed E-state index contributed by atoms with van der Waals surface area (Å²) in [6.07, 6.45) is 1.71. The topological polar surface area (TPSA) is 60.1 Å². The molecule has 0 unspecified atom stereocenters. The lowest BCUT2D eigenvalue weighted by Crippen LogP contribution is -2.15. The lowest BCUT2D eigenvalue weighted by atomic mass is 10.2. The lowest BCUT2D eigenvalue weighted by Gasteiger charge is -2.06. The first-order valence-corrected chi connectivity index (χ1v) is 5.36. The summed E-state index contributed by atoms with van der Waals surface area (Å²) < 4.78 is 1.71. The average molecular weight is 229 g/mol. The second-order valence-electron chi connectivity index (χ2n) is 4.09. The smallest absolute Gasteiger partial charge is 0.272 e. The van der Waals surface area contributed by atoms with E-state index >= 15 is 0 Å². The molecule has 0 fully saturated rings. The number of anilines is 2. The van der Waals surface area contributed by atoms with Crippen molar-refractivity contribution in [1.29, 1.82) is 0 Å². The summed E-state index contributed by atoms with van der Waals surface area (Å²) >= 11 is 0. The van der Waals surface area contributed by atoms with Crippen molar-refractivity contribution in [2.75, 3.05) is 11.1 Å². The highest BCUT2D eigenvalue weighted by Crippen LogP contribution is 2.13. The van der Waals surface area contributed by atoms with Crippen LogP contribution in [0.15, 0.2) is 36.5 Å². The Morgan fingerprint density at radius 3 is 2.47 bits per heavy atom. The van der Waals surface area contributed by atoms with E-state index in [9.17, 15) is 4.79 Å². The molecule has 0 saturated carbocycles. The summed E-state index contributed by atoms with van der Waals surface area (Å²) in [5, 5.41) is 2.82.